The molecule has 0 fully saturated rings. The van der Waals surface area contributed by atoms with Crippen LogP contribution >= 0.6 is 95.6 Å². The number of carbonyl (C=O) groups is 2. The third-order valence-corrected chi connectivity index (χ3v) is 7.17. The number of amides is 1. The second kappa shape index (κ2) is 12.8. The highest BCUT2D eigenvalue weighted by molar-refractivity contribution is 9.12. The third kappa shape index (κ3) is 7.72. The van der Waals surface area contributed by atoms with Crippen LogP contribution in [0.5, 0.6) is 11.5 Å². The number of hydrazone groups is 1. The number of halogens is 6. The van der Waals surface area contributed by atoms with Gasteiger partial charge in [-0.05, 0) is 90.3 Å². The second-order valence-corrected chi connectivity index (χ2v) is 11.8. The molecule has 176 valence electrons. The molecule has 0 saturated heterocycles. The fourth-order valence-electron chi connectivity index (χ4n) is 2.56. The van der Waals surface area contributed by atoms with Crippen LogP contribution < -0.4 is 14.9 Å². The highest BCUT2D eigenvalue weighted by atomic mass is 79.9. The van der Waals surface area contributed by atoms with Gasteiger partial charge in [0.25, 0.3) is 5.91 Å². The average molecular weight is 848 g/mol. The van der Waals surface area contributed by atoms with Gasteiger partial charge in [0.2, 0.25) is 0 Å². The first-order valence-electron chi connectivity index (χ1n) is 9.20. The number of hydrogen-bond donors (Lipinski definition) is 1. The number of benzene rings is 3. The predicted octanol–water partition coefficient (Wildman–Crippen LogP) is 8.01. The lowest BCUT2D eigenvalue weighted by Crippen LogP contribution is -2.24. The molecule has 34 heavy (non-hydrogen) atoms. The van der Waals surface area contributed by atoms with E-state index in [1.807, 2.05) is 6.07 Å². The maximum atomic E-state index is 12.6. The van der Waals surface area contributed by atoms with Gasteiger partial charge < -0.3 is 9.47 Å². The first kappa shape index (κ1) is 27.5. The van der Waals surface area contributed by atoms with E-state index in [2.05, 4.69) is 106 Å². The summed E-state index contributed by atoms with van der Waals surface area (Å²) in [5.74, 6) is -0.271. The predicted molar refractivity (Wildman–Crippen MR) is 152 cm³/mol. The minimum atomic E-state index is -0.540. The van der Waals surface area contributed by atoms with Gasteiger partial charge in [0.1, 0.15) is 5.75 Å². The van der Waals surface area contributed by atoms with Crippen molar-refractivity contribution in [1.82, 2.24) is 5.43 Å². The highest BCUT2D eigenvalue weighted by Crippen LogP contribution is 2.36. The van der Waals surface area contributed by atoms with Crippen molar-refractivity contribution >= 4 is 114 Å². The number of carbonyl (C=O) groups excluding carboxylic acids is 2. The van der Waals surface area contributed by atoms with E-state index in [4.69, 9.17) is 9.47 Å². The molecule has 6 nitrogen and oxygen atoms in total. The highest BCUT2D eigenvalue weighted by Gasteiger charge is 2.16. The molecule has 0 aliphatic rings. The Labute approximate surface area is 245 Å². The number of nitrogens with zero attached hydrogens (tertiary/aromatic N) is 1. The van der Waals surface area contributed by atoms with E-state index in [1.54, 1.807) is 42.5 Å². The molecule has 0 heterocycles. The maximum absolute atomic E-state index is 12.6. The van der Waals surface area contributed by atoms with E-state index in [0.717, 1.165) is 13.4 Å². The number of nitrogens with one attached hydrogen (secondary N) is 1. The summed E-state index contributed by atoms with van der Waals surface area (Å²) in [6, 6.07) is 13.9. The van der Waals surface area contributed by atoms with Crippen LogP contribution in [0.15, 0.2) is 80.5 Å². The van der Waals surface area contributed by atoms with Crippen molar-refractivity contribution in [3.05, 3.63) is 86.5 Å². The van der Waals surface area contributed by atoms with Crippen LogP contribution in [-0.2, 0) is 4.79 Å². The lowest BCUT2D eigenvalue weighted by Gasteiger charge is -2.11. The van der Waals surface area contributed by atoms with Crippen LogP contribution in [0.1, 0.15) is 15.9 Å². The van der Waals surface area contributed by atoms with Gasteiger partial charge in [-0.25, -0.2) is 10.2 Å². The van der Waals surface area contributed by atoms with Crippen LogP contribution in [0.3, 0.4) is 0 Å². The van der Waals surface area contributed by atoms with E-state index in [-0.39, 0.29) is 12.4 Å². The SMILES string of the molecule is O=C(COc1c(Br)cc(Br)cc1Br)N/N=C\c1cc(Br)cc(Br)c1OC(=O)c1cccc(Br)c1. The van der Waals surface area contributed by atoms with Crippen molar-refractivity contribution in [3.8, 4) is 11.5 Å². The Hall–Kier alpha value is -1.05. The molecular formula is C22H12Br6N2O4. The minimum absolute atomic E-state index is 0.255. The standard InChI is InChI=1S/C22H12Br6N2O4/c23-13-3-1-2-11(4-13)22(32)34-20-12(5-14(24)6-16(20)26)9-29-30-19(31)10-33-21-17(27)7-15(25)8-18(21)28/h1-9H,10H2,(H,30,31)/b29-9-. The Morgan fingerprint density at radius 3 is 2.09 bits per heavy atom. The van der Waals surface area contributed by atoms with Crippen molar-refractivity contribution in [1.29, 1.82) is 0 Å². The zero-order valence-electron chi connectivity index (χ0n) is 16.8. The molecule has 1 amide bonds. The Morgan fingerprint density at radius 2 is 1.44 bits per heavy atom. The molecule has 3 aromatic carbocycles. The average Bonchev–Trinajstić information content (AvgIpc) is 2.75. The van der Waals surface area contributed by atoms with E-state index >= 15 is 0 Å². The van der Waals surface area contributed by atoms with Gasteiger partial charge in [-0.1, -0.05) is 53.9 Å². The van der Waals surface area contributed by atoms with Crippen LogP contribution in [0.4, 0.5) is 0 Å². The maximum Gasteiger partial charge on any atom is 0.343 e. The molecule has 0 aromatic heterocycles. The minimum Gasteiger partial charge on any atom is -0.481 e. The Morgan fingerprint density at radius 1 is 0.824 bits per heavy atom. The van der Waals surface area contributed by atoms with Gasteiger partial charge >= 0.3 is 5.97 Å². The molecule has 0 radical (unpaired) electrons. The second-order valence-electron chi connectivity index (χ2n) is 6.49. The van der Waals surface area contributed by atoms with Crippen molar-refractivity contribution in [2.75, 3.05) is 6.61 Å². The Balaban J connectivity index is 1.69. The van der Waals surface area contributed by atoms with Gasteiger partial charge in [0, 0.05) is 19.0 Å². The zero-order chi connectivity index (χ0) is 24.8. The Bertz CT molecular complexity index is 1260. The monoisotopic (exact) mass is 842 g/mol. The van der Waals surface area contributed by atoms with Crippen LogP contribution in [-0.4, -0.2) is 24.7 Å². The quantitative estimate of drug-likeness (QED) is 0.113. The molecular weight excluding hydrogens is 836 g/mol. The van der Waals surface area contributed by atoms with Crippen molar-refractivity contribution in [2.24, 2.45) is 5.10 Å². The number of ether oxygens (including phenoxy) is 2. The summed E-state index contributed by atoms with van der Waals surface area (Å²) in [7, 11) is 0. The lowest BCUT2D eigenvalue weighted by molar-refractivity contribution is -0.123. The molecule has 0 bridgehead atoms. The summed E-state index contributed by atoms with van der Waals surface area (Å²) in [6.45, 7) is -0.261. The summed E-state index contributed by atoms with van der Waals surface area (Å²) < 4.78 is 15.4. The zero-order valence-corrected chi connectivity index (χ0v) is 26.3. The van der Waals surface area contributed by atoms with Crippen LogP contribution in [0, 0.1) is 0 Å². The van der Waals surface area contributed by atoms with Gasteiger partial charge in [0.15, 0.2) is 12.4 Å². The third-order valence-electron chi connectivity index (χ3n) is 4.00. The molecule has 0 saturated carbocycles. The normalized spacial score (nSPS) is 10.9. The smallest absolute Gasteiger partial charge is 0.343 e. The lowest BCUT2D eigenvalue weighted by atomic mass is 10.2. The number of esters is 1. The summed E-state index contributed by atoms with van der Waals surface area (Å²) in [5.41, 5.74) is 3.24. The van der Waals surface area contributed by atoms with E-state index in [0.29, 0.717) is 30.3 Å². The first-order chi connectivity index (χ1) is 16.1. The van der Waals surface area contributed by atoms with Crippen molar-refractivity contribution in [2.45, 2.75) is 0 Å². The summed E-state index contributed by atoms with van der Waals surface area (Å²) in [4.78, 5) is 24.8. The Kier molecular flexibility index (Phi) is 10.3. The van der Waals surface area contributed by atoms with Gasteiger partial charge in [-0.3, -0.25) is 4.79 Å². The fraction of sp³-hybridized carbons (Fsp3) is 0.0455. The van der Waals surface area contributed by atoms with E-state index < -0.39 is 11.9 Å². The largest absolute Gasteiger partial charge is 0.481 e. The molecule has 12 heteroatoms. The molecule has 0 aliphatic heterocycles. The molecule has 3 aromatic rings. The number of hydrogen-bond acceptors (Lipinski definition) is 5. The molecule has 0 atom stereocenters. The van der Waals surface area contributed by atoms with Crippen LogP contribution in [0.2, 0.25) is 0 Å². The molecule has 0 unspecified atom stereocenters. The summed E-state index contributed by atoms with van der Waals surface area (Å²) in [5, 5.41) is 3.97. The van der Waals surface area contributed by atoms with Crippen LogP contribution in [0.25, 0.3) is 0 Å². The van der Waals surface area contributed by atoms with E-state index in [1.165, 1.54) is 6.21 Å². The first-order valence-corrected chi connectivity index (χ1v) is 14.0. The van der Waals surface area contributed by atoms with E-state index in [9.17, 15) is 9.59 Å². The fourth-order valence-corrected chi connectivity index (χ4v) is 6.79. The van der Waals surface area contributed by atoms with Gasteiger partial charge in [0.05, 0.1) is 25.2 Å². The van der Waals surface area contributed by atoms with Crippen molar-refractivity contribution in [3.63, 3.8) is 0 Å². The van der Waals surface area contributed by atoms with Gasteiger partial charge in [-0.15, -0.1) is 0 Å². The summed E-state index contributed by atoms with van der Waals surface area (Å²) in [6.07, 6.45) is 1.38. The topological polar surface area (TPSA) is 77.0 Å². The van der Waals surface area contributed by atoms with Gasteiger partial charge in [-0.2, -0.15) is 5.10 Å². The molecule has 3 rings (SSSR count). The molecule has 0 spiro atoms. The molecule has 1 N–H and O–H groups in total. The molecule has 0 aliphatic carbocycles. The van der Waals surface area contributed by atoms with Crippen molar-refractivity contribution < 1.29 is 19.1 Å². The number of rotatable bonds is 7. The summed E-state index contributed by atoms with van der Waals surface area (Å²) >= 11 is 20.3.